The van der Waals surface area contributed by atoms with Gasteiger partial charge in [0, 0.05) is 28.5 Å². The first-order valence-electron chi connectivity index (χ1n) is 12.2. The van der Waals surface area contributed by atoms with E-state index in [4.69, 9.17) is 23.2 Å². The first-order valence-corrected chi connectivity index (χ1v) is 15.6. The van der Waals surface area contributed by atoms with Gasteiger partial charge >= 0.3 is 0 Å². The minimum absolute atomic E-state index is 0.0766. The second-order valence-corrected chi connectivity index (χ2v) is 13.1. The summed E-state index contributed by atoms with van der Waals surface area (Å²) in [6.45, 7) is 3.19. The summed E-state index contributed by atoms with van der Waals surface area (Å²) in [4.78, 5) is 29.0. The van der Waals surface area contributed by atoms with E-state index in [-0.39, 0.29) is 35.6 Å². The van der Waals surface area contributed by atoms with Crippen LogP contribution < -0.4 is 9.62 Å². The van der Waals surface area contributed by atoms with Crippen LogP contribution in [0.1, 0.15) is 25.0 Å². The molecule has 208 valence electrons. The summed E-state index contributed by atoms with van der Waals surface area (Å²) < 4.78 is 27.4. The molecule has 0 spiro atoms. The number of hydrogen-bond acceptors (Lipinski definition) is 4. The summed E-state index contributed by atoms with van der Waals surface area (Å²) in [5, 5.41) is 3.32. The maximum atomic E-state index is 14.0. The number of amides is 2. The lowest BCUT2D eigenvalue weighted by atomic mass is 10.0. The molecule has 0 heterocycles. The van der Waals surface area contributed by atoms with E-state index >= 15 is 0 Å². The van der Waals surface area contributed by atoms with Gasteiger partial charge < -0.3 is 10.2 Å². The fourth-order valence-corrected chi connectivity index (χ4v) is 5.91. The maximum Gasteiger partial charge on any atom is 0.244 e. The molecule has 0 aliphatic heterocycles. The zero-order chi connectivity index (χ0) is 28.7. The highest BCUT2D eigenvalue weighted by atomic mass is 79.9. The molecule has 0 radical (unpaired) electrons. The maximum absolute atomic E-state index is 14.0. The lowest BCUT2D eigenvalue weighted by Crippen LogP contribution is -2.54. The lowest BCUT2D eigenvalue weighted by Gasteiger charge is -2.34. The van der Waals surface area contributed by atoms with Crippen molar-refractivity contribution in [2.75, 3.05) is 17.1 Å². The Kier molecular flexibility index (Phi) is 10.8. The average molecular weight is 655 g/mol. The van der Waals surface area contributed by atoms with Crippen LogP contribution in [0.2, 0.25) is 10.0 Å². The summed E-state index contributed by atoms with van der Waals surface area (Å²) in [5.41, 5.74) is 1.74. The van der Waals surface area contributed by atoms with E-state index in [0.717, 1.165) is 26.2 Å². The highest BCUT2D eigenvalue weighted by molar-refractivity contribution is 9.10. The molecule has 0 fully saturated rings. The van der Waals surface area contributed by atoms with Crippen molar-refractivity contribution in [1.82, 2.24) is 10.2 Å². The van der Waals surface area contributed by atoms with Gasteiger partial charge in [-0.3, -0.25) is 13.9 Å². The molecule has 11 heteroatoms. The SMILES string of the molecule is CC(C)NC(=O)C(Cc1ccccc1)N(Cc1cccc(Br)c1)C(=O)CN(c1ccc(Cl)cc1Cl)S(C)(=O)=O. The van der Waals surface area contributed by atoms with E-state index in [1.807, 2.05) is 68.4 Å². The van der Waals surface area contributed by atoms with Crippen molar-refractivity contribution in [2.45, 2.75) is 38.9 Å². The Morgan fingerprint density at radius 2 is 1.62 bits per heavy atom. The molecule has 2 amide bonds. The van der Waals surface area contributed by atoms with Gasteiger partial charge in [0.15, 0.2) is 0 Å². The molecule has 0 aliphatic carbocycles. The molecule has 39 heavy (non-hydrogen) atoms. The van der Waals surface area contributed by atoms with E-state index in [0.29, 0.717) is 5.02 Å². The zero-order valence-electron chi connectivity index (χ0n) is 21.8. The molecule has 3 aromatic carbocycles. The molecule has 0 bridgehead atoms. The number of nitrogens with one attached hydrogen (secondary N) is 1. The molecule has 1 N–H and O–H groups in total. The van der Waals surface area contributed by atoms with Crippen LogP contribution in [0.15, 0.2) is 77.3 Å². The van der Waals surface area contributed by atoms with Gasteiger partial charge in [-0.05, 0) is 55.3 Å². The first-order chi connectivity index (χ1) is 18.3. The number of carbonyl (C=O) groups is 2. The van der Waals surface area contributed by atoms with Crippen LogP contribution in [0, 0.1) is 0 Å². The van der Waals surface area contributed by atoms with E-state index < -0.39 is 28.5 Å². The molecule has 0 saturated heterocycles. The Hall–Kier alpha value is -2.59. The van der Waals surface area contributed by atoms with Crippen molar-refractivity contribution in [3.05, 3.63) is 98.4 Å². The highest BCUT2D eigenvalue weighted by Crippen LogP contribution is 2.30. The summed E-state index contributed by atoms with van der Waals surface area (Å²) in [5.74, 6) is -0.904. The predicted octanol–water partition coefficient (Wildman–Crippen LogP) is 5.69. The van der Waals surface area contributed by atoms with E-state index in [1.165, 1.54) is 23.1 Å². The minimum Gasteiger partial charge on any atom is -0.352 e. The van der Waals surface area contributed by atoms with Gasteiger partial charge in [-0.15, -0.1) is 0 Å². The van der Waals surface area contributed by atoms with Crippen molar-refractivity contribution in [2.24, 2.45) is 0 Å². The van der Waals surface area contributed by atoms with Crippen LogP contribution in [-0.4, -0.2) is 50.0 Å². The second kappa shape index (κ2) is 13.7. The quantitative estimate of drug-likeness (QED) is 0.288. The number of halogens is 3. The summed E-state index contributed by atoms with van der Waals surface area (Å²) in [7, 11) is -3.94. The van der Waals surface area contributed by atoms with Gasteiger partial charge in [0.1, 0.15) is 12.6 Å². The summed E-state index contributed by atoms with van der Waals surface area (Å²) in [6.07, 6.45) is 1.23. The van der Waals surface area contributed by atoms with E-state index in [1.54, 1.807) is 0 Å². The van der Waals surface area contributed by atoms with Crippen LogP contribution in [-0.2, 0) is 32.6 Å². The fraction of sp³-hybridized carbons (Fsp3) is 0.286. The van der Waals surface area contributed by atoms with Gasteiger partial charge in [0.25, 0.3) is 0 Å². The molecule has 3 rings (SSSR count). The Labute approximate surface area is 248 Å². The fourth-order valence-electron chi connectivity index (χ4n) is 4.04. The number of anilines is 1. The number of hydrogen-bond donors (Lipinski definition) is 1. The van der Waals surface area contributed by atoms with Crippen molar-refractivity contribution in [3.63, 3.8) is 0 Å². The van der Waals surface area contributed by atoms with Crippen molar-refractivity contribution in [1.29, 1.82) is 0 Å². The highest BCUT2D eigenvalue weighted by Gasteiger charge is 2.33. The first kappa shape index (κ1) is 30.9. The number of sulfonamides is 1. The molecule has 0 aliphatic rings. The molecular formula is C28H30BrCl2N3O4S. The molecule has 1 unspecified atom stereocenters. The second-order valence-electron chi connectivity index (χ2n) is 9.39. The third-order valence-electron chi connectivity index (χ3n) is 5.80. The topological polar surface area (TPSA) is 86.8 Å². The Morgan fingerprint density at radius 3 is 2.21 bits per heavy atom. The van der Waals surface area contributed by atoms with Gasteiger partial charge in [-0.1, -0.05) is 81.6 Å². The predicted molar refractivity (Wildman–Crippen MR) is 161 cm³/mol. The van der Waals surface area contributed by atoms with Crippen LogP contribution in [0.3, 0.4) is 0 Å². The number of carbonyl (C=O) groups excluding carboxylic acids is 2. The standard InChI is InChI=1S/C28H30BrCl2N3O4S/c1-19(2)32-28(36)26(15-20-8-5-4-6-9-20)33(17-21-10-7-11-22(29)14-21)27(35)18-34(39(3,37)38)25-13-12-23(30)16-24(25)31/h4-14,16,19,26H,15,17-18H2,1-3H3,(H,32,36). The zero-order valence-corrected chi connectivity index (χ0v) is 25.7. The van der Waals surface area contributed by atoms with Crippen LogP contribution in [0.25, 0.3) is 0 Å². The molecule has 0 aromatic heterocycles. The van der Waals surface area contributed by atoms with Crippen LogP contribution in [0.5, 0.6) is 0 Å². The van der Waals surface area contributed by atoms with Crippen molar-refractivity contribution >= 4 is 66.7 Å². The lowest BCUT2D eigenvalue weighted by molar-refractivity contribution is -0.140. The molecule has 1 atom stereocenters. The van der Waals surface area contributed by atoms with Crippen molar-refractivity contribution in [3.8, 4) is 0 Å². The Morgan fingerprint density at radius 1 is 0.949 bits per heavy atom. The van der Waals surface area contributed by atoms with Gasteiger partial charge in [0.05, 0.1) is 17.0 Å². The minimum atomic E-state index is -3.94. The number of rotatable bonds is 11. The van der Waals surface area contributed by atoms with Gasteiger partial charge in [-0.2, -0.15) is 0 Å². The monoisotopic (exact) mass is 653 g/mol. The molecule has 7 nitrogen and oxygen atoms in total. The normalized spacial score (nSPS) is 12.2. The third kappa shape index (κ3) is 8.96. The van der Waals surface area contributed by atoms with Crippen LogP contribution in [0.4, 0.5) is 5.69 Å². The van der Waals surface area contributed by atoms with Gasteiger partial charge in [-0.25, -0.2) is 8.42 Å². The van der Waals surface area contributed by atoms with Gasteiger partial charge in [0.2, 0.25) is 21.8 Å². The van der Waals surface area contributed by atoms with E-state index in [2.05, 4.69) is 21.2 Å². The van der Waals surface area contributed by atoms with Crippen LogP contribution >= 0.6 is 39.1 Å². The Bertz CT molecular complexity index is 1420. The summed E-state index contributed by atoms with van der Waals surface area (Å²) in [6, 6.07) is 20.0. The molecule has 0 saturated carbocycles. The largest absolute Gasteiger partial charge is 0.352 e. The van der Waals surface area contributed by atoms with E-state index in [9.17, 15) is 18.0 Å². The Balaban J connectivity index is 2.07. The smallest absolute Gasteiger partial charge is 0.244 e. The summed E-state index contributed by atoms with van der Waals surface area (Å²) >= 11 is 15.8. The number of benzene rings is 3. The third-order valence-corrected chi connectivity index (χ3v) is 7.96. The molecule has 3 aromatic rings. The molecular weight excluding hydrogens is 625 g/mol. The average Bonchev–Trinajstić information content (AvgIpc) is 2.84. The van der Waals surface area contributed by atoms with Crippen molar-refractivity contribution < 1.29 is 18.0 Å². The number of nitrogens with zero attached hydrogens (tertiary/aromatic N) is 2.